The molecule has 0 saturated heterocycles. The van der Waals surface area contributed by atoms with Crippen LogP contribution in [0.15, 0.2) is 65.1 Å². The topological polar surface area (TPSA) is 120 Å². The molecule has 50 heavy (non-hydrogen) atoms. The van der Waals surface area contributed by atoms with Gasteiger partial charge in [0, 0.05) is 72.0 Å². The number of aromatic nitrogens is 1. The number of hydrogen-bond acceptors (Lipinski definition) is 10. The molecule has 4 aliphatic rings. The molecule has 3 aromatic rings. The van der Waals surface area contributed by atoms with Crippen LogP contribution in [0.4, 0.5) is 11.4 Å². The molecule has 4 aliphatic carbocycles. The number of esters is 1. The Morgan fingerprint density at radius 2 is 1.64 bits per heavy atom. The smallest absolute Gasteiger partial charge is 0.316 e. The van der Waals surface area contributed by atoms with Gasteiger partial charge in [-0.3, -0.25) is 14.4 Å². The maximum Gasteiger partial charge on any atom is 0.316 e. The van der Waals surface area contributed by atoms with Crippen molar-refractivity contribution in [2.75, 3.05) is 50.4 Å². The summed E-state index contributed by atoms with van der Waals surface area (Å²) in [5.41, 5.74) is 1.75. The number of rotatable bonds is 8. The first-order valence-corrected chi connectivity index (χ1v) is 18.5. The van der Waals surface area contributed by atoms with Crippen molar-refractivity contribution < 1.29 is 29.3 Å². The summed E-state index contributed by atoms with van der Waals surface area (Å²) in [6, 6.07) is 12.2. The van der Waals surface area contributed by atoms with Gasteiger partial charge in [0.05, 0.1) is 22.9 Å². The average molecular weight is 698 g/mol. The average Bonchev–Trinajstić information content (AvgIpc) is 3.35. The van der Waals surface area contributed by atoms with Gasteiger partial charge in [0.15, 0.2) is 12.4 Å². The Bertz CT molecular complexity index is 1910. The third-order valence-corrected chi connectivity index (χ3v) is 13.6. The van der Waals surface area contributed by atoms with Crippen LogP contribution < -0.4 is 9.80 Å². The lowest BCUT2D eigenvalue weighted by atomic mass is 9.46. The van der Waals surface area contributed by atoms with E-state index < -0.39 is 40.9 Å². The Labute approximate surface area is 297 Å². The number of fused-ring (bicyclic) bond motifs is 7. The predicted molar refractivity (Wildman–Crippen MR) is 198 cm³/mol. The summed E-state index contributed by atoms with van der Waals surface area (Å²) in [5, 5.41) is 25.6. The number of anilines is 2. The largest absolute Gasteiger partial charge is 0.457 e. The minimum absolute atomic E-state index is 0.0143. The van der Waals surface area contributed by atoms with Gasteiger partial charge in [-0.1, -0.05) is 25.5 Å². The van der Waals surface area contributed by atoms with Gasteiger partial charge in [-0.2, -0.15) is 0 Å². The summed E-state index contributed by atoms with van der Waals surface area (Å²) in [6.45, 7) is 3.51. The van der Waals surface area contributed by atoms with Crippen LogP contribution in [0.5, 0.6) is 0 Å². The summed E-state index contributed by atoms with van der Waals surface area (Å²) in [6.07, 6.45) is 7.27. The first-order chi connectivity index (χ1) is 23.7. The maximum absolute atomic E-state index is 13.8. The molecule has 3 saturated carbocycles. The molecule has 1 aromatic heterocycles. The second-order valence-corrected chi connectivity index (χ2v) is 16.6. The van der Waals surface area contributed by atoms with Gasteiger partial charge >= 0.3 is 5.97 Å². The number of ketones is 2. The second-order valence-electron chi connectivity index (χ2n) is 15.6. The molecule has 264 valence electrons. The number of aliphatic hydroxyl groups excluding tert-OH is 1. The lowest BCUT2D eigenvalue weighted by Gasteiger charge is -2.59. The predicted octanol–water partition coefficient (Wildman–Crippen LogP) is 5.73. The summed E-state index contributed by atoms with van der Waals surface area (Å²) < 4.78 is 5.57. The third kappa shape index (κ3) is 5.45. The number of allylic oxidation sites excluding steroid dienone is 4. The number of carbonyl (C=O) groups is 3. The Morgan fingerprint density at radius 1 is 1.00 bits per heavy atom. The number of benzene rings is 2. The highest BCUT2D eigenvalue weighted by Gasteiger charge is 2.68. The number of nitrogens with zero attached hydrogens (tertiary/aromatic N) is 3. The lowest BCUT2D eigenvalue weighted by molar-refractivity contribution is -0.181. The molecule has 2 N–H and O–H groups in total. The number of hydrogen-bond donors (Lipinski definition) is 2. The number of carbonyl (C=O) groups excluding carboxylic acids is 3. The molecule has 2 aromatic carbocycles. The molecule has 0 aliphatic heterocycles. The summed E-state index contributed by atoms with van der Waals surface area (Å²) >= 11 is 1.36. The Kier molecular flexibility index (Phi) is 8.67. The van der Waals surface area contributed by atoms with Gasteiger partial charge in [0.25, 0.3) is 0 Å². The molecular formula is C40H47N3O6S. The van der Waals surface area contributed by atoms with E-state index in [1.54, 1.807) is 12.2 Å². The molecular weight excluding hydrogens is 651 g/mol. The fourth-order valence-corrected chi connectivity index (χ4v) is 10.8. The highest BCUT2D eigenvalue weighted by Crippen LogP contribution is 2.67. The van der Waals surface area contributed by atoms with E-state index in [1.807, 2.05) is 87.4 Å². The zero-order valence-corrected chi connectivity index (χ0v) is 30.5. The third-order valence-electron chi connectivity index (χ3n) is 12.5. The van der Waals surface area contributed by atoms with E-state index in [4.69, 9.17) is 9.72 Å². The van der Waals surface area contributed by atoms with Crippen molar-refractivity contribution in [3.05, 3.63) is 60.2 Å². The molecule has 7 atom stereocenters. The van der Waals surface area contributed by atoms with Crippen LogP contribution in [0.25, 0.3) is 21.8 Å². The normalized spacial score (nSPS) is 31.5. The van der Waals surface area contributed by atoms with Crippen LogP contribution in [0, 0.1) is 28.6 Å². The van der Waals surface area contributed by atoms with Gasteiger partial charge in [-0.05, 0) is 92.5 Å². The Morgan fingerprint density at radius 3 is 2.26 bits per heavy atom. The molecule has 0 amide bonds. The molecule has 0 unspecified atom stereocenters. The van der Waals surface area contributed by atoms with Crippen molar-refractivity contribution in [3.63, 3.8) is 0 Å². The van der Waals surface area contributed by atoms with E-state index in [0.717, 1.165) is 56.5 Å². The summed E-state index contributed by atoms with van der Waals surface area (Å²) in [4.78, 5) is 49.1. The lowest BCUT2D eigenvalue weighted by Crippen LogP contribution is -2.61. The number of aliphatic hydroxyl groups is 2. The van der Waals surface area contributed by atoms with Crippen molar-refractivity contribution in [1.82, 2.24) is 4.98 Å². The van der Waals surface area contributed by atoms with E-state index in [1.165, 1.54) is 11.8 Å². The standard InChI is InChI=1S/C40H47N3O6S/c1-38-15-13-26(44)17-23(38)7-10-27-30-14-16-40(48,39(30,2)20-33(45)36(27)38)34(46)21-49-35(47)22-50-37-28-11-8-24(42(3)4)18-31(28)41-32-19-25(43(5)6)9-12-29(32)37/h8-9,11-13,15,17-19,27,30,33,36,45,48H,7,10,14,16,20-22H2,1-6H3/t27-,30-,33-,36+,38-,39-,40-/m0/s1. The van der Waals surface area contributed by atoms with E-state index in [-0.39, 0.29) is 42.1 Å². The highest BCUT2D eigenvalue weighted by molar-refractivity contribution is 8.00. The summed E-state index contributed by atoms with van der Waals surface area (Å²) in [7, 11) is 7.93. The van der Waals surface area contributed by atoms with E-state index in [0.29, 0.717) is 6.42 Å². The van der Waals surface area contributed by atoms with E-state index in [2.05, 4.69) is 6.92 Å². The quantitative estimate of drug-likeness (QED) is 0.172. The Balaban J connectivity index is 1.07. The van der Waals surface area contributed by atoms with Gasteiger partial charge in [-0.15, -0.1) is 11.8 Å². The van der Waals surface area contributed by atoms with Crippen LogP contribution in [-0.2, 0) is 19.1 Å². The fraction of sp³-hybridized carbons (Fsp3) is 0.500. The van der Waals surface area contributed by atoms with Gasteiger partial charge < -0.3 is 24.7 Å². The first-order valence-electron chi connectivity index (χ1n) is 17.5. The van der Waals surface area contributed by atoms with Crippen molar-refractivity contribution in [3.8, 4) is 0 Å². The highest BCUT2D eigenvalue weighted by atomic mass is 32.2. The van der Waals surface area contributed by atoms with Gasteiger partial charge in [0.2, 0.25) is 5.78 Å². The van der Waals surface area contributed by atoms with E-state index in [9.17, 15) is 24.6 Å². The van der Waals surface area contributed by atoms with Crippen LogP contribution in [0.1, 0.15) is 46.0 Å². The minimum atomic E-state index is -1.71. The minimum Gasteiger partial charge on any atom is -0.457 e. The monoisotopic (exact) mass is 697 g/mol. The maximum atomic E-state index is 13.8. The van der Waals surface area contributed by atoms with Crippen molar-refractivity contribution >= 4 is 62.5 Å². The van der Waals surface area contributed by atoms with Gasteiger partial charge in [-0.25, -0.2) is 4.98 Å². The molecule has 0 spiro atoms. The Hall–Kier alpha value is -3.73. The summed E-state index contributed by atoms with van der Waals surface area (Å²) in [5.74, 6) is -1.06. The zero-order valence-electron chi connectivity index (χ0n) is 29.7. The van der Waals surface area contributed by atoms with E-state index >= 15 is 0 Å². The van der Waals surface area contributed by atoms with Crippen molar-refractivity contribution in [2.24, 2.45) is 28.6 Å². The zero-order chi connectivity index (χ0) is 35.7. The molecule has 0 bridgehead atoms. The molecule has 1 heterocycles. The molecule has 7 rings (SSSR count). The van der Waals surface area contributed by atoms with Crippen molar-refractivity contribution in [2.45, 2.75) is 62.6 Å². The van der Waals surface area contributed by atoms with Gasteiger partial charge in [0.1, 0.15) is 5.60 Å². The SMILES string of the molecule is CN(C)c1ccc2c(SCC(=O)OCC(=O)[C@@]3(O)CC[C@H]4[C@@H]5CCC6=CC(=O)C=C[C@]6(C)[C@H]5[C@@H](O)C[C@@]43C)c3ccc(N(C)C)cc3nc2c1. The number of pyridine rings is 1. The van der Waals surface area contributed by atoms with Crippen LogP contribution in [0.3, 0.4) is 0 Å². The second kappa shape index (κ2) is 12.5. The first kappa shape index (κ1) is 34.7. The van der Waals surface area contributed by atoms with Crippen LogP contribution in [0.2, 0.25) is 0 Å². The van der Waals surface area contributed by atoms with Crippen LogP contribution >= 0.6 is 11.8 Å². The molecule has 0 radical (unpaired) electrons. The number of ether oxygens (including phenoxy) is 1. The van der Waals surface area contributed by atoms with Crippen LogP contribution in [-0.4, -0.2) is 85.0 Å². The van der Waals surface area contributed by atoms with Crippen molar-refractivity contribution in [1.29, 1.82) is 0 Å². The fourth-order valence-electron chi connectivity index (χ4n) is 9.82. The number of thioether (sulfide) groups is 1. The molecule has 9 nitrogen and oxygen atoms in total. The number of Topliss-reactive ketones (excluding diaryl/α,β-unsaturated/α-hetero) is 1. The molecule has 10 heteroatoms. The molecule has 3 fully saturated rings.